The van der Waals surface area contributed by atoms with Gasteiger partial charge in [0.15, 0.2) is 0 Å². The molecule has 0 bridgehead atoms. The molecular weight excluding hydrogens is 457 g/mol. The minimum absolute atomic E-state index is 0.0134. The number of hydrogen-bond donors (Lipinski definition) is 3. The van der Waals surface area contributed by atoms with Gasteiger partial charge >= 0.3 is 6.18 Å². The molecule has 0 saturated heterocycles. The quantitative estimate of drug-likeness (QED) is 0.330. The number of carbonyl (C=O) groups excluding carboxylic acids is 1. The predicted octanol–water partition coefficient (Wildman–Crippen LogP) is 5.92. The summed E-state index contributed by atoms with van der Waals surface area (Å²) in [5, 5.41) is 18.5. The molecule has 2 aromatic heterocycles. The standard InChI is InChI=1S/C26H25F3N4O2/c27-26(28,29)19-7-9-20(10-8-19)33-15-18(13-31-33)17-6-11-22-21(12-17)23(14-30-22)32-25(35)24(34)16-4-2-1-3-5-16/h6-16,24,30,34H,1-5H2,(H,32,35)/t24-/m0/s1. The van der Waals surface area contributed by atoms with Crippen LogP contribution in [-0.2, 0) is 11.0 Å². The van der Waals surface area contributed by atoms with Gasteiger partial charge in [-0.05, 0) is 60.7 Å². The Kier molecular flexibility index (Phi) is 6.10. The lowest BCUT2D eigenvalue weighted by Gasteiger charge is -2.25. The molecule has 0 radical (unpaired) electrons. The Bertz CT molecular complexity index is 1330. The van der Waals surface area contributed by atoms with Gasteiger partial charge in [-0.1, -0.05) is 25.3 Å². The maximum Gasteiger partial charge on any atom is 0.416 e. The third-order valence-corrected chi connectivity index (χ3v) is 6.68. The number of fused-ring (bicyclic) bond motifs is 1. The van der Waals surface area contributed by atoms with E-state index < -0.39 is 23.8 Å². The van der Waals surface area contributed by atoms with Crippen LogP contribution in [0.25, 0.3) is 27.7 Å². The largest absolute Gasteiger partial charge is 0.416 e. The maximum absolute atomic E-state index is 12.8. The number of H-pyrrole nitrogens is 1. The van der Waals surface area contributed by atoms with Crippen molar-refractivity contribution in [3.63, 3.8) is 0 Å². The van der Waals surface area contributed by atoms with Gasteiger partial charge in [0.1, 0.15) is 6.10 Å². The molecule has 182 valence electrons. The van der Waals surface area contributed by atoms with Crippen molar-refractivity contribution in [2.24, 2.45) is 5.92 Å². The van der Waals surface area contributed by atoms with Crippen LogP contribution < -0.4 is 5.32 Å². The first-order valence-corrected chi connectivity index (χ1v) is 11.6. The van der Waals surface area contributed by atoms with Gasteiger partial charge in [-0.15, -0.1) is 0 Å². The van der Waals surface area contributed by atoms with E-state index in [9.17, 15) is 23.1 Å². The summed E-state index contributed by atoms with van der Waals surface area (Å²) in [5.74, 6) is -0.418. The summed E-state index contributed by atoms with van der Waals surface area (Å²) in [7, 11) is 0. The molecule has 1 saturated carbocycles. The van der Waals surface area contributed by atoms with Crippen molar-refractivity contribution in [3.05, 3.63) is 66.6 Å². The first kappa shape index (κ1) is 23.2. The Balaban J connectivity index is 1.36. The van der Waals surface area contributed by atoms with E-state index >= 15 is 0 Å². The van der Waals surface area contributed by atoms with E-state index in [1.54, 1.807) is 18.6 Å². The number of aliphatic hydroxyl groups excluding tert-OH is 1. The van der Waals surface area contributed by atoms with Gasteiger partial charge in [0.05, 0.1) is 23.1 Å². The number of anilines is 1. The molecule has 9 heteroatoms. The smallest absolute Gasteiger partial charge is 0.383 e. The molecule has 1 aliphatic carbocycles. The van der Waals surface area contributed by atoms with Gasteiger partial charge in [-0.25, -0.2) is 4.68 Å². The van der Waals surface area contributed by atoms with Crippen LogP contribution in [-0.4, -0.2) is 31.9 Å². The molecule has 0 unspecified atom stereocenters. The van der Waals surface area contributed by atoms with Crippen molar-refractivity contribution >= 4 is 22.5 Å². The highest BCUT2D eigenvalue weighted by molar-refractivity contribution is 6.04. The fourth-order valence-corrected chi connectivity index (χ4v) is 4.69. The SMILES string of the molecule is O=C(Nc1c[nH]c2ccc(-c3cnn(-c4ccc(C(F)(F)F)cc4)c3)cc12)[C@@H](O)C1CCCCC1. The second kappa shape index (κ2) is 9.22. The van der Waals surface area contributed by atoms with E-state index in [4.69, 9.17) is 0 Å². The van der Waals surface area contributed by atoms with Crippen LogP contribution in [0, 0.1) is 5.92 Å². The summed E-state index contributed by atoms with van der Waals surface area (Å²) in [5.41, 5.74) is 2.81. The number of carbonyl (C=O) groups is 1. The molecule has 0 aliphatic heterocycles. The van der Waals surface area contributed by atoms with E-state index in [1.807, 2.05) is 18.2 Å². The Hall–Kier alpha value is -3.59. The molecular formula is C26H25F3N4O2. The Morgan fingerprint density at radius 1 is 1.09 bits per heavy atom. The van der Waals surface area contributed by atoms with E-state index in [1.165, 1.54) is 16.8 Å². The summed E-state index contributed by atoms with van der Waals surface area (Å²) in [6.07, 6.45) is 4.57. The number of aromatic nitrogens is 3. The monoisotopic (exact) mass is 482 g/mol. The number of hydrogen-bond acceptors (Lipinski definition) is 3. The van der Waals surface area contributed by atoms with Crippen molar-refractivity contribution in [2.75, 3.05) is 5.32 Å². The highest BCUT2D eigenvalue weighted by Gasteiger charge is 2.30. The van der Waals surface area contributed by atoms with Crippen LogP contribution in [0.1, 0.15) is 37.7 Å². The van der Waals surface area contributed by atoms with E-state index in [0.29, 0.717) is 11.4 Å². The fraction of sp³-hybridized carbons (Fsp3) is 0.308. The van der Waals surface area contributed by atoms with E-state index in [-0.39, 0.29) is 5.92 Å². The average molecular weight is 483 g/mol. The zero-order valence-corrected chi connectivity index (χ0v) is 18.8. The van der Waals surface area contributed by atoms with Gasteiger partial charge < -0.3 is 15.4 Å². The molecule has 35 heavy (non-hydrogen) atoms. The number of nitrogens with one attached hydrogen (secondary N) is 2. The van der Waals surface area contributed by atoms with Gasteiger partial charge in [0.25, 0.3) is 5.91 Å². The molecule has 1 fully saturated rings. The van der Waals surface area contributed by atoms with Gasteiger partial charge in [-0.3, -0.25) is 4.79 Å². The van der Waals surface area contributed by atoms with Gasteiger partial charge in [-0.2, -0.15) is 18.3 Å². The number of aliphatic hydroxyl groups is 1. The minimum atomic E-state index is -4.39. The molecule has 1 atom stereocenters. The Morgan fingerprint density at radius 3 is 2.54 bits per heavy atom. The number of aromatic amines is 1. The number of benzene rings is 2. The highest BCUT2D eigenvalue weighted by Crippen LogP contribution is 2.32. The normalized spacial score (nSPS) is 15.9. The van der Waals surface area contributed by atoms with Crippen molar-refractivity contribution in [3.8, 4) is 16.8 Å². The van der Waals surface area contributed by atoms with Crippen molar-refractivity contribution in [1.29, 1.82) is 0 Å². The minimum Gasteiger partial charge on any atom is -0.383 e. The molecule has 0 spiro atoms. The highest BCUT2D eigenvalue weighted by atomic mass is 19.4. The third kappa shape index (κ3) is 4.81. The average Bonchev–Trinajstić information content (AvgIpc) is 3.51. The summed E-state index contributed by atoms with van der Waals surface area (Å²) in [6, 6.07) is 10.5. The lowest BCUT2D eigenvalue weighted by Crippen LogP contribution is -2.35. The molecule has 6 nitrogen and oxygen atoms in total. The third-order valence-electron chi connectivity index (χ3n) is 6.68. The summed E-state index contributed by atoms with van der Waals surface area (Å²) >= 11 is 0. The second-order valence-corrected chi connectivity index (χ2v) is 9.01. The number of rotatable bonds is 5. The van der Waals surface area contributed by atoms with Crippen LogP contribution >= 0.6 is 0 Å². The molecule has 2 heterocycles. The first-order valence-electron chi connectivity index (χ1n) is 11.6. The van der Waals surface area contributed by atoms with Gasteiger partial charge in [0, 0.05) is 28.9 Å². The topological polar surface area (TPSA) is 82.9 Å². The van der Waals surface area contributed by atoms with Crippen LogP contribution in [0.5, 0.6) is 0 Å². The molecule has 3 N–H and O–H groups in total. The molecule has 1 amide bonds. The lowest BCUT2D eigenvalue weighted by molar-refractivity contribution is -0.137. The first-order chi connectivity index (χ1) is 16.8. The number of alkyl halides is 3. The van der Waals surface area contributed by atoms with Crippen molar-refractivity contribution in [1.82, 2.24) is 14.8 Å². The Morgan fingerprint density at radius 2 is 1.83 bits per heavy atom. The van der Waals surface area contributed by atoms with Crippen LogP contribution in [0.4, 0.5) is 18.9 Å². The van der Waals surface area contributed by atoms with Crippen LogP contribution in [0.2, 0.25) is 0 Å². The molecule has 4 aromatic rings. The second-order valence-electron chi connectivity index (χ2n) is 9.01. The molecule has 2 aromatic carbocycles. The summed E-state index contributed by atoms with van der Waals surface area (Å²) in [6.45, 7) is 0. The van der Waals surface area contributed by atoms with E-state index in [2.05, 4.69) is 15.4 Å². The fourth-order valence-electron chi connectivity index (χ4n) is 4.69. The predicted molar refractivity (Wildman–Crippen MR) is 127 cm³/mol. The van der Waals surface area contributed by atoms with Crippen molar-refractivity contribution < 1.29 is 23.1 Å². The number of amides is 1. The van der Waals surface area contributed by atoms with Gasteiger partial charge in [0.2, 0.25) is 0 Å². The lowest BCUT2D eigenvalue weighted by atomic mass is 9.85. The van der Waals surface area contributed by atoms with Crippen molar-refractivity contribution in [2.45, 2.75) is 44.4 Å². The summed E-state index contributed by atoms with van der Waals surface area (Å²) in [4.78, 5) is 15.8. The number of nitrogens with zero attached hydrogens (tertiary/aromatic N) is 2. The molecule has 1 aliphatic rings. The van der Waals surface area contributed by atoms with Crippen LogP contribution in [0.3, 0.4) is 0 Å². The number of halogens is 3. The van der Waals surface area contributed by atoms with Crippen LogP contribution in [0.15, 0.2) is 61.1 Å². The molecule has 5 rings (SSSR count). The zero-order chi connectivity index (χ0) is 24.6. The zero-order valence-electron chi connectivity index (χ0n) is 18.8. The summed E-state index contributed by atoms with van der Waals surface area (Å²) < 4.78 is 40.0. The van der Waals surface area contributed by atoms with E-state index in [0.717, 1.165) is 66.3 Å². The maximum atomic E-state index is 12.8. The Labute approximate surface area is 199 Å².